The van der Waals surface area contributed by atoms with Crippen LogP contribution in [0.2, 0.25) is 0 Å². The van der Waals surface area contributed by atoms with Crippen molar-refractivity contribution in [1.82, 2.24) is 5.32 Å². The molecule has 2 N–H and O–H groups in total. The lowest BCUT2D eigenvalue weighted by Gasteiger charge is -2.12. The summed E-state index contributed by atoms with van der Waals surface area (Å²) in [4.78, 5) is 24.2. The Labute approximate surface area is 163 Å². The minimum Gasteiger partial charge on any atom is -0.497 e. The highest BCUT2D eigenvalue weighted by atomic mass is 16.5. The maximum atomic E-state index is 12.1. The SMILES string of the molecule is COc1ccc(NC(=O)CC(=O)NCc2ccc(OC)c(OC)c2)c(OC)c1. The molecule has 0 fully saturated rings. The highest BCUT2D eigenvalue weighted by molar-refractivity contribution is 6.04. The third-order valence-corrected chi connectivity index (χ3v) is 3.94. The zero-order chi connectivity index (χ0) is 20.5. The van der Waals surface area contributed by atoms with Crippen LogP contribution >= 0.6 is 0 Å². The van der Waals surface area contributed by atoms with Gasteiger partial charge in [0.15, 0.2) is 11.5 Å². The van der Waals surface area contributed by atoms with E-state index in [1.165, 1.54) is 21.3 Å². The minimum absolute atomic E-state index is 0.262. The third-order valence-electron chi connectivity index (χ3n) is 3.94. The van der Waals surface area contributed by atoms with E-state index in [4.69, 9.17) is 18.9 Å². The first kappa shape index (κ1) is 20.9. The number of methoxy groups -OCH3 is 4. The molecular weight excluding hydrogens is 364 g/mol. The molecule has 2 rings (SSSR count). The van der Waals surface area contributed by atoms with Crippen LogP contribution < -0.4 is 29.6 Å². The van der Waals surface area contributed by atoms with Crippen LogP contribution in [-0.4, -0.2) is 40.3 Å². The fourth-order valence-corrected chi connectivity index (χ4v) is 2.50. The van der Waals surface area contributed by atoms with Crippen molar-refractivity contribution < 1.29 is 28.5 Å². The number of rotatable bonds is 9. The molecule has 0 atom stereocenters. The molecule has 8 nitrogen and oxygen atoms in total. The first-order valence-electron chi connectivity index (χ1n) is 8.50. The van der Waals surface area contributed by atoms with Crippen molar-refractivity contribution in [2.24, 2.45) is 0 Å². The molecule has 0 unspecified atom stereocenters. The normalized spacial score (nSPS) is 10.0. The molecule has 0 saturated carbocycles. The second-order valence-corrected chi connectivity index (χ2v) is 5.76. The monoisotopic (exact) mass is 388 g/mol. The van der Waals surface area contributed by atoms with Crippen LogP contribution in [0.1, 0.15) is 12.0 Å². The van der Waals surface area contributed by atoms with Gasteiger partial charge >= 0.3 is 0 Å². The van der Waals surface area contributed by atoms with Crippen molar-refractivity contribution in [3.63, 3.8) is 0 Å². The van der Waals surface area contributed by atoms with Gasteiger partial charge in [-0.25, -0.2) is 0 Å². The van der Waals surface area contributed by atoms with Crippen LogP contribution in [0.25, 0.3) is 0 Å². The molecule has 8 heteroatoms. The summed E-state index contributed by atoms with van der Waals surface area (Å²) in [6.07, 6.45) is -0.317. The van der Waals surface area contributed by atoms with Crippen LogP contribution in [0.15, 0.2) is 36.4 Å². The van der Waals surface area contributed by atoms with Crippen molar-refractivity contribution >= 4 is 17.5 Å². The number of hydrogen-bond donors (Lipinski definition) is 2. The number of nitrogens with one attached hydrogen (secondary N) is 2. The lowest BCUT2D eigenvalue weighted by atomic mass is 10.2. The van der Waals surface area contributed by atoms with E-state index in [1.807, 2.05) is 6.07 Å². The van der Waals surface area contributed by atoms with E-state index in [2.05, 4.69) is 10.6 Å². The van der Waals surface area contributed by atoms with Crippen molar-refractivity contribution in [1.29, 1.82) is 0 Å². The molecule has 0 bridgehead atoms. The molecule has 0 spiro atoms. The summed E-state index contributed by atoms with van der Waals surface area (Å²) in [5.41, 5.74) is 1.28. The van der Waals surface area contributed by atoms with Gasteiger partial charge in [0.1, 0.15) is 17.9 Å². The average Bonchev–Trinajstić information content (AvgIpc) is 2.72. The van der Waals surface area contributed by atoms with Crippen LogP contribution in [0.4, 0.5) is 5.69 Å². The van der Waals surface area contributed by atoms with E-state index < -0.39 is 11.8 Å². The largest absolute Gasteiger partial charge is 0.497 e. The van der Waals surface area contributed by atoms with Crippen molar-refractivity contribution in [3.05, 3.63) is 42.0 Å². The molecule has 0 aliphatic carbocycles. The standard InChI is InChI=1S/C20H24N2O6/c1-25-14-6-7-15(17(10-14)27-3)22-20(24)11-19(23)21-12-13-5-8-16(26-2)18(9-13)28-4/h5-10H,11-12H2,1-4H3,(H,21,23)(H,22,24). The quantitative estimate of drug-likeness (QED) is 0.641. The van der Waals surface area contributed by atoms with E-state index in [1.54, 1.807) is 37.4 Å². The zero-order valence-electron chi connectivity index (χ0n) is 16.3. The van der Waals surface area contributed by atoms with E-state index in [0.717, 1.165) is 5.56 Å². The summed E-state index contributed by atoms with van der Waals surface area (Å²) < 4.78 is 20.7. The smallest absolute Gasteiger partial charge is 0.233 e. The molecule has 0 aliphatic heterocycles. The van der Waals surface area contributed by atoms with Gasteiger partial charge in [0, 0.05) is 12.6 Å². The van der Waals surface area contributed by atoms with Gasteiger partial charge in [0.05, 0.1) is 34.1 Å². The highest BCUT2D eigenvalue weighted by Crippen LogP contribution is 2.29. The summed E-state index contributed by atoms with van der Waals surface area (Å²) in [7, 11) is 6.11. The van der Waals surface area contributed by atoms with Crippen LogP contribution in [0.5, 0.6) is 23.0 Å². The Hall–Kier alpha value is -3.42. The molecule has 0 aliphatic rings. The van der Waals surface area contributed by atoms with Gasteiger partial charge in [-0.3, -0.25) is 9.59 Å². The number of benzene rings is 2. The van der Waals surface area contributed by atoms with Gasteiger partial charge in [-0.2, -0.15) is 0 Å². The summed E-state index contributed by atoms with van der Waals surface area (Å²) >= 11 is 0. The molecule has 2 aromatic rings. The van der Waals surface area contributed by atoms with Gasteiger partial charge in [-0.1, -0.05) is 6.07 Å². The lowest BCUT2D eigenvalue weighted by Crippen LogP contribution is -2.27. The Morgan fingerprint density at radius 2 is 1.50 bits per heavy atom. The van der Waals surface area contributed by atoms with Gasteiger partial charge < -0.3 is 29.6 Å². The number of carbonyl (C=O) groups is 2. The zero-order valence-corrected chi connectivity index (χ0v) is 16.3. The molecule has 150 valence electrons. The first-order chi connectivity index (χ1) is 13.5. The fraction of sp³-hybridized carbons (Fsp3) is 0.300. The maximum Gasteiger partial charge on any atom is 0.233 e. The minimum atomic E-state index is -0.451. The number of ether oxygens (including phenoxy) is 4. The van der Waals surface area contributed by atoms with Crippen LogP contribution in [-0.2, 0) is 16.1 Å². The van der Waals surface area contributed by atoms with Gasteiger partial charge in [0.2, 0.25) is 11.8 Å². The topological polar surface area (TPSA) is 95.1 Å². The molecular formula is C20H24N2O6. The number of carbonyl (C=O) groups excluding carboxylic acids is 2. The van der Waals surface area contributed by atoms with Gasteiger partial charge in [-0.05, 0) is 29.8 Å². The average molecular weight is 388 g/mol. The highest BCUT2D eigenvalue weighted by Gasteiger charge is 2.13. The Bertz CT molecular complexity index is 837. The summed E-state index contributed by atoms with van der Waals surface area (Å²) in [6, 6.07) is 10.3. The Morgan fingerprint density at radius 1 is 0.786 bits per heavy atom. The Morgan fingerprint density at radius 3 is 2.14 bits per heavy atom. The first-order valence-corrected chi connectivity index (χ1v) is 8.50. The van der Waals surface area contributed by atoms with Gasteiger partial charge in [-0.15, -0.1) is 0 Å². The second kappa shape index (κ2) is 10.1. The van der Waals surface area contributed by atoms with Crippen molar-refractivity contribution in [2.75, 3.05) is 33.8 Å². The lowest BCUT2D eigenvalue weighted by molar-refractivity contribution is -0.126. The van der Waals surface area contributed by atoms with E-state index >= 15 is 0 Å². The second-order valence-electron chi connectivity index (χ2n) is 5.76. The molecule has 2 amide bonds. The van der Waals surface area contributed by atoms with Crippen molar-refractivity contribution in [2.45, 2.75) is 13.0 Å². The van der Waals surface area contributed by atoms with Gasteiger partial charge in [0.25, 0.3) is 0 Å². The Kier molecular flexibility index (Phi) is 7.50. The predicted octanol–water partition coefficient (Wildman–Crippen LogP) is 2.37. The molecule has 0 aromatic heterocycles. The maximum absolute atomic E-state index is 12.1. The molecule has 0 saturated heterocycles. The number of hydrogen-bond acceptors (Lipinski definition) is 6. The fourth-order valence-electron chi connectivity index (χ4n) is 2.50. The number of amides is 2. The third kappa shape index (κ3) is 5.54. The molecule has 28 heavy (non-hydrogen) atoms. The molecule has 0 radical (unpaired) electrons. The summed E-state index contributed by atoms with van der Waals surface area (Å²) in [6.45, 7) is 0.262. The summed E-state index contributed by atoms with van der Waals surface area (Å²) in [5, 5.41) is 5.36. The van der Waals surface area contributed by atoms with Crippen LogP contribution in [0, 0.1) is 0 Å². The molecule has 0 heterocycles. The van der Waals surface area contributed by atoms with Crippen LogP contribution in [0.3, 0.4) is 0 Å². The van der Waals surface area contributed by atoms with E-state index in [-0.39, 0.29) is 13.0 Å². The summed E-state index contributed by atoms with van der Waals surface area (Å²) in [5.74, 6) is 1.36. The van der Waals surface area contributed by atoms with E-state index in [9.17, 15) is 9.59 Å². The Balaban J connectivity index is 1.90. The molecule has 2 aromatic carbocycles. The number of anilines is 1. The predicted molar refractivity (Wildman–Crippen MR) is 104 cm³/mol. The van der Waals surface area contributed by atoms with Crippen molar-refractivity contribution in [3.8, 4) is 23.0 Å². The van der Waals surface area contributed by atoms with E-state index in [0.29, 0.717) is 28.7 Å².